The van der Waals surface area contributed by atoms with Gasteiger partial charge in [-0.3, -0.25) is 0 Å². The molecular formula is C14H20N2OS. The monoisotopic (exact) mass is 264 g/mol. The van der Waals surface area contributed by atoms with Crippen LogP contribution in [0.2, 0.25) is 0 Å². The van der Waals surface area contributed by atoms with Gasteiger partial charge < -0.3 is 10.4 Å². The predicted molar refractivity (Wildman–Crippen MR) is 73.8 cm³/mol. The van der Waals surface area contributed by atoms with Gasteiger partial charge in [-0.1, -0.05) is 12.2 Å². The van der Waals surface area contributed by atoms with Gasteiger partial charge in [0, 0.05) is 29.5 Å². The van der Waals surface area contributed by atoms with E-state index in [1.807, 2.05) is 11.3 Å². The SMILES string of the molecule is Cc1nc2c(s1)C(N[C@@H]1C=C[C@H](CO)C1)CCC2. The van der Waals surface area contributed by atoms with Crippen molar-refractivity contribution in [1.29, 1.82) is 0 Å². The van der Waals surface area contributed by atoms with Crippen molar-refractivity contribution in [1.82, 2.24) is 10.3 Å². The van der Waals surface area contributed by atoms with Gasteiger partial charge in [-0.25, -0.2) is 4.98 Å². The first-order valence-corrected chi connectivity index (χ1v) is 7.59. The molecule has 98 valence electrons. The number of aryl methyl sites for hydroxylation is 2. The number of fused-ring (bicyclic) bond motifs is 1. The molecule has 3 nitrogen and oxygen atoms in total. The van der Waals surface area contributed by atoms with Gasteiger partial charge in [-0.05, 0) is 32.6 Å². The average Bonchev–Trinajstić information content (AvgIpc) is 2.95. The Hall–Kier alpha value is -0.710. The highest BCUT2D eigenvalue weighted by Gasteiger charge is 2.27. The van der Waals surface area contributed by atoms with Crippen LogP contribution in [0.15, 0.2) is 12.2 Å². The number of aliphatic hydroxyl groups is 1. The second-order valence-electron chi connectivity index (χ2n) is 5.33. The Bertz CT molecular complexity index is 455. The van der Waals surface area contributed by atoms with Crippen LogP contribution in [0.1, 0.15) is 40.9 Å². The van der Waals surface area contributed by atoms with Crippen LogP contribution in [0, 0.1) is 12.8 Å². The van der Waals surface area contributed by atoms with Crippen LogP contribution in [-0.2, 0) is 6.42 Å². The summed E-state index contributed by atoms with van der Waals surface area (Å²) in [7, 11) is 0. The molecule has 4 heteroatoms. The third kappa shape index (κ3) is 2.37. The zero-order valence-corrected chi connectivity index (χ0v) is 11.5. The van der Waals surface area contributed by atoms with Crippen molar-refractivity contribution in [2.75, 3.05) is 6.61 Å². The zero-order chi connectivity index (χ0) is 12.5. The fourth-order valence-electron chi connectivity index (χ4n) is 2.99. The van der Waals surface area contributed by atoms with Crippen LogP contribution in [0.3, 0.4) is 0 Å². The summed E-state index contributed by atoms with van der Waals surface area (Å²) in [6.45, 7) is 2.36. The van der Waals surface area contributed by atoms with Crippen LogP contribution in [0.25, 0.3) is 0 Å². The number of nitrogens with zero attached hydrogens (tertiary/aromatic N) is 1. The van der Waals surface area contributed by atoms with E-state index < -0.39 is 0 Å². The molecule has 3 rings (SSSR count). The van der Waals surface area contributed by atoms with E-state index in [0.717, 1.165) is 12.8 Å². The first-order valence-electron chi connectivity index (χ1n) is 6.77. The largest absolute Gasteiger partial charge is 0.396 e. The second kappa shape index (κ2) is 5.11. The summed E-state index contributed by atoms with van der Waals surface area (Å²) in [6.07, 6.45) is 8.95. The molecule has 0 radical (unpaired) electrons. The number of rotatable bonds is 3. The minimum absolute atomic E-state index is 0.268. The molecule has 1 aromatic heterocycles. The van der Waals surface area contributed by atoms with Gasteiger partial charge in [0.1, 0.15) is 0 Å². The van der Waals surface area contributed by atoms with Crippen LogP contribution >= 0.6 is 11.3 Å². The van der Waals surface area contributed by atoms with E-state index in [9.17, 15) is 0 Å². The summed E-state index contributed by atoms with van der Waals surface area (Å²) >= 11 is 1.84. The minimum atomic E-state index is 0.268. The van der Waals surface area contributed by atoms with E-state index >= 15 is 0 Å². The normalized spacial score (nSPS) is 30.7. The molecule has 0 aromatic carbocycles. The molecule has 1 unspecified atom stereocenters. The molecule has 2 N–H and O–H groups in total. The number of hydrogen-bond acceptors (Lipinski definition) is 4. The van der Waals surface area contributed by atoms with Crippen LogP contribution in [0.5, 0.6) is 0 Å². The Balaban J connectivity index is 1.69. The molecule has 0 bridgehead atoms. The Morgan fingerprint density at radius 2 is 2.39 bits per heavy atom. The van der Waals surface area contributed by atoms with E-state index in [2.05, 4.69) is 29.4 Å². The lowest BCUT2D eigenvalue weighted by atomic mass is 9.97. The molecule has 1 heterocycles. The summed E-state index contributed by atoms with van der Waals surface area (Å²) in [5.74, 6) is 0.341. The predicted octanol–water partition coefficient (Wildman–Crippen LogP) is 2.36. The van der Waals surface area contributed by atoms with Crippen molar-refractivity contribution in [2.45, 2.75) is 44.7 Å². The van der Waals surface area contributed by atoms with Crippen LogP contribution < -0.4 is 5.32 Å². The molecule has 0 aliphatic heterocycles. The highest BCUT2D eigenvalue weighted by Crippen LogP contribution is 2.35. The first-order chi connectivity index (χ1) is 8.76. The van der Waals surface area contributed by atoms with Crippen LogP contribution in [-0.4, -0.2) is 22.7 Å². The third-order valence-electron chi connectivity index (χ3n) is 3.88. The fraction of sp³-hybridized carbons (Fsp3) is 0.643. The van der Waals surface area contributed by atoms with E-state index in [-0.39, 0.29) is 6.61 Å². The first kappa shape index (κ1) is 12.3. The topological polar surface area (TPSA) is 45.2 Å². The fourth-order valence-corrected chi connectivity index (χ4v) is 4.06. The van der Waals surface area contributed by atoms with E-state index in [1.165, 1.54) is 28.4 Å². The minimum Gasteiger partial charge on any atom is -0.396 e. The standard InChI is InChI=1S/C14H20N2OS/c1-9-15-12-3-2-4-13(14(12)18-9)16-11-6-5-10(7-11)8-17/h5-6,10-11,13,16-17H,2-4,7-8H2,1H3/t10-,11+,13?/m0/s1. The molecule has 0 spiro atoms. The van der Waals surface area contributed by atoms with Crippen molar-refractivity contribution >= 4 is 11.3 Å². The molecule has 2 aliphatic carbocycles. The highest BCUT2D eigenvalue weighted by molar-refractivity contribution is 7.11. The molecule has 3 atom stereocenters. The van der Waals surface area contributed by atoms with Crippen molar-refractivity contribution in [3.8, 4) is 0 Å². The smallest absolute Gasteiger partial charge is 0.0900 e. The maximum absolute atomic E-state index is 9.16. The average molecular weight is 264 g/mol. The quantitative estimate of drug-likeness (QED) is 0.824. The van der Waals surface area contributed by atoms with Gasteiger partial charge in [-0.15, -0.1) is 11.3 Å². The maximum Gasteiger partial charge on any atom is 0.0900 e. The Labute approximate surface area is 112 Å². The van der Waals surface area contributed by atoms with E-state index in [4.69, 9.17) is 5.11 Å². The molecule has 0 saturated heterocycles. The van der Waals surface area contributed by atoms with E-state index in [1.54, 1.807) is 0 Å². The molecule has 0 saturated carbocycles. The van der Waals surface area contributed by atoms with Crippen molar-refractivity contribution in [2.24, 2.45) is 5.92 Å². The number of aliphatic hydroxyl groups excluding tert-OH is 1. The lowest BCUT2D eigenvalue weighted by molar-refractivity contribution is 0.244. The molecule has 18 heavy (non-hydrogen) atoms. The van der Waals surface area contributed by atoms with Gasteiger partial charge in [0.15, 0.2) is 0 Å². The van der Waals surface area contributed by atoms with Crippen molar-refractivity contribution in [3.63, 3.8) is 0 Å². The lowest BCUT2D eigenvalue weighted by Gasteiger charge is -2.25. The molecule has 0 amide bonds. The lowest BCUT2D eigenvalue weighted by Crippen LogP contribution is -2.32. The van der Waals surface area contributed by atoms with Crippen molar-refractivity contribution < 1.29 is 5.11 Å². The second-order valence-corrected chi connectivity index (χ2v) is 6.56. The van der Waals surface area contributed by atoms with Crippen molar-refractivity contribution in [3.05, 3.63) is 27.7 Å². The van der Waals surface area contributed by atoms with Gasteiger partial charge >= 0.3 is 0 Å². The van der Waals surface area contributed by atoms with Gasteiger partial charge in [0.25, 0.3) is 0 Å². The van der Waals surface area contributed by atoms with Gasteiger partial charge in [0.05, 0.1) is 10.7 Å². The number of aromatic nitrogens is 1. The summed E-state index contributed by atoms with van der Waals surface area (Å²) in [5.41, 5.74) is 1.31. The number of thiazole rings is 1. The Morgan fingerprint density at radius 3 is 3.17 bits per heavy atom. The summed E-state index contributed by atoms with van der Waals surface area (Å²) in [4.78, 5) is 6.07. The van der Waals surface area contributed by atoms with Crippen LogP contribution in [0.4, 0.5) is 0 Å². The van der Waals surface area contributed by atoms with E-state index in [0.29, 0.717) is 18.0 Å². The summed E-state index contributed by atoms with van der Waals surface area (Å²) in [6, 6.07) is 0.882. The summed E-state index contributed by atoms with van der Waals surface area (Å²) < 4.78 is 0. The Morgan fingerprint density at radius 1 is 1.50 bits per heavy atom. The highest BCUT2D eigenvalue weighted by atomic mass is 32.1. The summed E-state index contributed by atoms with van der Waals surface area (Å²) in [5, 5.41) is 14.1. The number of nitrogens with one attached hydrogen (secondary N) is 1. The zero-order valence-electron chi connectivity index (χ0n) is 10.7. The molecule has 2 aliphatic rings. The molecule has 0 fully saturated rings. The Kier molecular flexibility index (Phi) is 3.50. The maximum atomic E-state index is 9.16. The van der Waals surface area contributed by atoms with Gasteiger partial charge in [-0.2, -0.15) is 0 Å². The van der Waals surface area contributed by atoms with Gasteiger partial charge in [0.2, 0.25) is 0 Å². The third-order valence-corrected chi connectivity index (χ3v) is 5.01. The molecule has 1 aromatic rings. The number of hydrogen-bond donors (Lipinski definition) is 2. The molecular weight excluding hydrogens is 244 g/mol.